The molecule has 230 valence electrons. The van der Waals surface area contributed by atoms with Crippen molar-refractivity contribution in [2.24, 2.45) is 12.1 Å². The molecule has 1 heterocycles. The smallest absolute Gasteiger partial charge is 0.330 e. The molecule has 0 amide bonds. The van der Waals surface area contributed by atoms with E-state index in [-0.39, 0.29) is 35.4 Å². The van der Waals surface area contributed by atoms with Crippen LogP contribution in [0.15, 0.2) is 70.0 Å². The second-order valence-corrected chi connectivity index (χ2v) is 9.29. The van der Waals surface area contributed by atoms with E-state index in [1.807, 2.05) is 0 Å². The zero-order valence-electron chi connectivity index (χ0n) is 22.9. The van der Waals surface area contributed by atoms with E-state index in [0.717, 1.165) is 27.8 Å². The quantitative estimate of drug-likeness (QED) is 0.152. The molecule has 1 aromatic carbocycles. The van der Waals surface area contributed by atoms with Gasteiger partial charge in [0.1, 0.15) is 0 Å². The molecule has 1 aliphatic carbocycles. The van der Waals surface area contributed by atoms with E-state index >= 15 is 0 Å². The lowest BCUT2D eigenvalue weighted by atomic mass is 10.1. The van der Waals surface area contributed by atoms with Crippen LogP contribution >= 0.6 is 0 Å². The molecule has 0 saturated heterocycles. The summed E-state index contributed by atoms with van der Waals surface area (Å²) in [7, 11) is 1.44. The minimum atomic E-state index is -5.10. The number of aromatic nitrogens is 3. The van der Waals surface area contributed by atoms with Gasteiger partial charge in [0.2, 0.25) is 0 Å². The second-order valence-electron chi connectivity index (χ2n) is 9.29. The van der Waals surface area contributed by atoms with Gasteiger partial charge in [0.05, 0.1) is 16.8 Å². The molecule has 0 radical (unpaired) electrons. The van der Waals surface area contributed by atoms with Crippen molar-refractivity contribution in [3.63, 3.8) is 0 Å². The standard InChI is InChI=1S/C26H28F9N7/c1-5-16(3)41(37-6-2)22-10-9-19(24(27,28)29)12-18(22)15-40(23-38-39(4)42(23)36)14-17-7-8-20(25(30,31)32)13-21(11-17)26(33,34)35/h5-7,9-13H,8,14-15,36H2,1-4H3/b16-5-,37-6-. The Morgan fingerprint density at radius 2 is 1.67 bits per heavy atom. The fourth-order valence-electron chi connectivity index (χ4n) is 4.08. The van der Waals surface area contributed by atoms with Crippen LogP contribution in [0, 0.1) is 0 Å². The van der Waals surface area contributed by atoms with E-state index in [9.17, 15) is 39.5 Å². The SMILES string of the molecule is C/C=N\N(/C(C)=C\C)c1ccc(C(F)(F)F)cc1CN(CC1=CCC(C(F)(F)F)=CC(C(F)(F)F)=C1)c1nn(C)n1N. The van der Waals surface area contributed by atoms with Crippen LogP contribution in [0.3, 0.4) is 0 Å². The molecule has 1 aliphatic rings. The van der Waals surface area contributed by atoms with E-state index in [2.05, 4.69) is 10.2 Å². The average molecular weight is 610 g/mol. The summed E-state index contributed by atoms with van der Waals surface area (Å²) in [6, 6.07) is 2.94. The van der Waals surface area contributed by atoms with E-state index in [1.165, 1.54) is 29.2 Å². The summed E-state index contributed by atoms with van der Waals surface area (Å²) < 4.78 is 122. The van der Waals surface area contributed by atoms with Gasteiger partial charge in [-0.15, -0.1) is 9.89 Å². The molecule has 42 heavy (non-hydrogen) atoms. The normalized spacial score (nSPS) is 15.5. The van der Waals surface area contributed by atoms with Crippen LogP contribution in [0.5, 0.6) is 0 Å². The Bertz CT molecular complexity index is 1430. The van der Waals surface area contributed by atoms with E-state index < -0.39 is 48.2 Å². The summed E-state index contributed by atoms with van der Waals surface area (Å²) in [6.07, 6.45) is -11.0. The van der Waals surface area contributed by atoms with Crippen molar-refractivity contribution in [1.29, 1.82) is 0 Å². The van der Waals surface area contributed by atoms with Crippen LogP contribution in [-0.4, -0.2) is 39.8 Å². The van der Waals surface area contributed by atoms with Crippen molar-refractivity contribution >= 4 is 17.9 Å². The summed E-state index contributed by atoms with van der Waals surface area (Å²) in [4.78, 5) is 3.43. The zero-order chi connectivity index (χ0) is 31.6. The highest BCUT2D eigenvalue weighted by molar-refractivity contribution is 5.64. The van der Waals surface area contributed by atoms with Gasteiger partial charge in [-0.25, -0.2) is 5.01 Å². The highest BCUT2D eigenvalue weighted by Gasteiger charge is 2.39. The Morgan fingerprint density at radius 1 is 1.00 bits per heavy atom. The molecule has 0 atom stereocenters. The number of allylic oxidation sites excluding steroid dienone is 6. The average Bonchev–Trinajstić information content (AvgIpc) is 3.12. The maximum atomic E-state index is 13.7. The molecule has 0 spiro atoms. The van der Waals surface area contributed by atoms with Gasteiger partial charge in [-0.2, -0.15) is 49.4 Å². The summed E-state index contributed by atoms with van der Waals surface area (Å²) >= 11 is 0. The first-order valence-corrected chi connectivity index (χ1v) is 12.4. The molecule has 0 saturated carbocycles. The summed E-state index contributed by atoms with van der Waals surface area (Å²) in [6.45, 7) is 4.13. The molecule has 1 aromatic heterocycles. The Balaban J connectivity index is 2.15. The first-order chi connectivity index (χ1) is 19.4. The van der Waals surface area contributed by atoms with Crippen molar-refractivity contribution in [2.75, 3.05) is 22.3 Å². The van der Waals surface area contributed by atoms with Gasteiger partial charge < -0.3 is 10.7 Å². The molecule has 0 bridgehead atoms. The van der Waals surface area contributed by atoms with Gasteiger partial charge in [0, 0.05) is 37.6 Å². The molecule has 7 nitrogen and oxygen atoms in total. The third-order valence-electron chi connectivity index (χ3n) is 6.33. The highest BCUT2D eigenvalue weighted by atomic mass is 19.4. The van der Waals surface area contributed by atoms with E-state index in [1.54, 1.807) is 26.8 Å². The van der Waals surface area contributed by atoms with Gasteiger partial charge in [0.25, 0.3) is 5.95 Å². The second kappa shape index (κ2) is 12.0. The number of nitrogens with two attached hydrogens (primary N) is 1. The van der Waals surface area contributed by atoms with Gasteiger partial charge in [-0.05, 0) is 68.7 Å². The lowest BCUT2D eigenvalue weighted by Gasteiger charge is -2.31. The molecular weight excluding hydrogens is 581 g/mol. The van der Waals surface area contributed by atoms with Crippen molar-refractivity contribution in [3.8, 4) is 0 Å². The number of nitrogen functional groups attached to an aromatic ring is 1. The summed E-state index contributed by atoms with van der Waals surface area (Å²) in [5, 5.41) is 9.70. The number of benzene rings is 1. The number of hydrogen-bond acceptors (Lipinski definition) is 5. The summed E-state index contributed by atoms with van der Waals surface area (Å²) in [5.41, 5.74) is -3.27. The largest absolute Gasteiger partial charge is 0.416 e. The first kappa shape index (κ1) is 32.4. The van der Waals surface area contributed by atoms with Crippen molar-refractivity contribution in [2.45, 2.75) is 52.3 Å². The van der Waals surface area contributed by atoms with Crippen molar-refractivity contribution in [1.82, 2.24) is 14.7 Å². The first-order valence-electron chi connectivity index (χ1n) is 12.4. The Hall–Kier alpha value is -4.11. The molecule has 2 N–H and O–H groups in total. The molecular formula is C26H28F9N7. The predicted molar refractivity (Wildman–Crippen MR) is 141 cm³/mol. The van der Waals surface area contributed by atoms with E-state index in [4.69, 9.17) is 5.84 Å². The minimum Gasteiger partial charge on any atom is -0.330 e. The van der Waals surface area contributed by atoms with Gasteiger partial charge in [-0.1, -0.05) is 12.2 Å². The number of anilines is 2. The topological polar surface area (TPSA) is 67.6 Å². The van der Waals surface area contributed by atoms with Gasteiger partial charge >= 0.3 is 18.5 Å². The molecule has 0 aliphatic heterocycles. The number of hydrazone groups is 1. The number of hydrogen-bond donors (Lipinski definition) is 1. The molecule has 0 unspecified atom stereocenters. The van der Waals surface area contributed by atoms with Gasteiger partial charge in [0.15, 0.2) is 0 Å². The predicted octanol–water partition coefficient (Wildman–Crippen LogP) is 7.00. The van der Waals surface area contributed by atoms with Crippen molar-refractivity contribution < 1.29 is 39.5 Å². The third kappa shape index (κ3) is 7.39. The fourth-order valence-corrected chi connectivity index (χ4v) is 4.08. The fraction of sp³-hybridized carbons (Fsp3) is 0.385. The number of nitrogens with zero attached hydrogens (tertiary/aromatic N) is 6. The Labute approximate surface area is 235 Å². The molecule has 2 aromatic rings. The monoisotopic (exact) mass is 609 g/mol. The maximum absolute atomic E-state index is 13.7. The number of halogens is 9. The highest BCUT2D eigenvalue weighted by Crippen LogP contribution is 2.38. The number of alkyl halides is 9. The maximum Gasteiger partial charge on any atom is 0.416 e. The summed E-state index contributed by atoms with van der Waals surface area (Å²) in [5.74, 6) is 5.90. The number of rotatable bonds is 8. The Kier molecular flexibility index (Phi) is 9.27. The van der Waals surface area contributed by atoms with Crippen molar-refractivity contribution in [3.05, 3.63) is 76.0 Å². The van der Waals surface area contributed by atoms with Crippen LogP contribution in [0.2, 0.25) is 0 Å². The van der Waals surface area contributed by atoms with Crippen LogP contribution in [0.25, 0.3) is 0 Å². The molecule has 3 rings (SSSR count). The number of aryl methyl sites for hydroxylation is 1. The van der Waals surface area contributed by atoms with Crippen LogP contribution in [0.1, 0.15) is 38.3 Å². The molecule has 0 fully saturated rings. The zero-order valence-corrected chi connectivity index (χ0v) is 22.9. The Morgan fingerprint density at radius 3 is 2.17 bits per heavy atom. The van der Waals surface area contributed by atoms with E-state index in [0.29, 0.717) is 11.8 Å². The van der Waals surface area contributed by atoms with Crippen LogP contribution in [-0.2, 0) is 19.8 Å². The van der Waals surface area contributed by atoms with Gasteiger partial charge in [-0.3, -0.25) is 0 Å². The van der Waals surface area contributed by atoms with Crippen LogP contribution < -0.4 is 15.8 Å². The third-order valence-corrected chi connectivity index (χ3v) is 6.33. The lowest BCUT2D eigenvalue weighted by Crippen LogP contribution is -2.40. The van der Waals surface area contributed by atoms with Crippen LogP contribution in [0.4, 0.5) is 51.1 Å². The lowest BCUT2D eigenvalue weighted by molar-refractivity contribution is -0.137. The molecule has 16 heteroatoms. The minimum absolute atomic E-state index is 0.0368.